The van der Waals surface area contributed by atoms with Crippen LogP contribution in [0.25, 0.3) is 10.4 Å². The monoisotopic (exact) mass is 224 g/mol. The average molecular weight is 225 g/mol. The van der Waals surface area contributed by atoms with Gasteiger partial charge in [0.25, 0.3) is 0 Å². The quantitative estimate of drug-likeness (QED) is 0.807. The molecule has 2 N–H and O–H groups in total. The van der Waals surface area contributed by atoms with E-state index < -0.39 is 0 Å². The average Bonchev–Trinajstić information content (AvgIpc) is 2.51. The lowest BCUT2D eigenvalue weighted by Gasteiger charge is -2.02. The predicted octanol–water partition coefficient (Wildman–Crippen LogP) is 3.35. The van der Waals surface area contributed by atoms with Crippen molar-refractivity contribution in [1.82, 2.24) is 4.98 Å². The highest BCUT2D eigenvalue weighted by molar-refractivity contribution is 7.19. The molecule has 0 aliphatic heterocycles. The Morgan fingerprint density at radius 1 is 1.29 bits per heavy atom. The fourth-order valence-corrected chi connectivity index (χ4v) is 2.42. The van der Waals surface area contributed by atoms with Gasteiger partial charge >= 0.3 is 0 Å². The number of nitrogen functional groups attached to an aromatic ring is 1. The van der Waals surface area contributed by atoms with Gasteiger partial charge in [-0.25, -0.2) is 4.98 Å². The number of aryl methyl sites for hydroxylation is 1. The van der Waals surface area contributed by atoms with Gasteiger partial charge < -0.3 is 5.73 Å². The van der Waals surface area contributed by atoms with Crippen LogP contribution in [0.4, 0.5) is 5.82 Å². The summed E-state index contributed by atoms with van der Waals surface area (Å²) in [7, 11) is 0. The van der Waals surface area contributed by atoms with Crippen molar-refractivity contribution >= 4 is 28.8 Å². The highest BCUT2D eigenvalue weighted by Crippen LogP contribution is 2.32. The SMILES string of the molecule is Cc1nc(N)ccc1-c1ccc(Cl)s1. The molecule has 14 heavy (non-hydrogen) atoms. The number of thiophene rings is 1. The number of aromatic nitrogens is 1. The van der Waals surface area contributed by atoms with Crippen LogP contribution in [-0.2, 0) is 0 Å². The van der Waals surface area contributed by atoms with Crippen molar-refractivity contribution in [2.45, 2.75) is 6.92 Å². The summed E-state index contributed by atoms with van der Waals surface area (Å²) >= 11 is 7.41. The van der Waals surface area contributed by atoms with Gasteiger partial charge in [0, 0.05) is 16.1 Å². The molecule has 0 atom stereocenters. The minimum absolute atomic E-state index is 0.550. The van der Waals surface area contributed by atoms with E-state index in [1.807, 2.05) is 25.1 Å². The third kappa shape index (κ3) is 1.74. The molecule has 2 aromatic rings. The highest BCUT2D eigenvalue weighted by atomic mass is 35.5. The van der Waals surface area contributed by atoms with Crippen molar-refractivity contribution in [3.05, 3.63) is 34.3 Å². The van der Waals surface area contributed by atoms with Crippen LogP contribution in [0.5, 0.6) is 0 Å². The Kier molecular flexibility index (Phi) is 2.44. The van der Waals surface area contributed by atoms with Gasteiger partial charge in [0.15, 0.2) is 0 Å². The second-order valence-electron chi connectivity index (χ2n) is 2.97. The molecule has 0 saturated carbocycles. The van der Waals surface area contributed by atoms with Crippen molar-refractivity contribution in [2.75, 3.05) is 5.73 Å². The van der Waals surface area contributed by atoms with Crippen molar-refractivity contribution in [3.63, 3.8) is 0 Å². The van der Waals surface area contributed by atoms with E-state index in [0.29, 0.717) is 5.82 Å². The summed E-state index contributed by atoms with van der Waals surface area (Å²) in [5.41, 5.74) is 7.60. The van der Waals surface area contributed by atoms with Gasteiger partial charge in [0.2, 0.25) is 0 Å². The number of hydrogen-bond donors (Lipinski definition) is 1. The minimum atomic E-state index is 0.550. The molecular formula is C10H9ClN2S. The molecule has 0 aliphatic rings. The number of pyridine rings is 1. The molecule has 0 saturated heterocycles. The fourth-order valence-electron chi connectivity index (χ4n) is 1.30. The maximum absolute atomic E-state index is 5.87. The van der Waals surface area contributed by atoms with Gasteiger partial charge in [-0.2, -0.15) is 0 Å². The van der Waals surface area contributed by atoms with E-state index in [-0.39, 0.29) is 0 Å². The van der Waals surface area contributed by atoms with Crippen LogP contribution < -0.4 is 5.73 Å². The standard InChI is InChI=1S/C10H9ClN2S/c1-6-7(2-5-10(12)13-6)8-3-4-9(11)14-8/h2-5H,1H3,(H2,12,13). The predicted molar refractivity (Wildman–Crippen MR) is 61.7 cm³/mol. The molecule has 0 bridgehead atoms. The summed E-state index contributed by atoms with van der Waals surface area (Å²) in [5.74, 6) is 0.550. The molecule has 72 valence electrons. The zero-order chi connectivity index (χ0) is 10.1. The number of hydrogen-bond acceptors (Lipinski definition) is 3. The van der Waals surface area contributed by atoms with Crippen LogP contribution in [-0.4, -0.2) is 4.98 Å². The molecule has 2 heterocycles. The van der Waals surface area contributed by atoms with Crippen LogP contribution in [0.15, 0.2) is 24.3 Å². The van der Waals surface area contributed by atoms with Crippen molar-refractivity contribution < 1.29 is 0 Å². The van der Waals surface area contributed by atoms with Crippen molar-refractivity contribution in [2.24, 2.45) is 0 Å². The number of rotatable bonds is 1. The van der Waals surface area contributed by atoms with Crippen LogP contribution in [0.2, 0.25) is 4.34 Å². The Hall–Kier alpha value is -1.06. The first-order valence-electron chi connectivity index (χ1n) is 4.15. The van der Waals surface area contributed by atoms with E-state index in [9.17, 15) is 0 Å². The molecule has 0 fully saturated rings. The molecule has 2 aromatic heterocycles. The Morgan fingerprint density at radius 3 is 2.64 bits per heavy atom. The van der Waals surface area contributed by atoms with Gasteiger partial charge in [-0.05, 0) is 31.2 Å². The van der Waals surface area contributed by atoms with E-state index in [1.165, 1.54) is 0 Å². The van der Waals surface area contributed by atoms with E-state index >= 15 is 0 Å². The van der Waals surface area contributed by atoms with E-state index in [1.54, 1.807) is 17.4 Å². The van der Waals surface area contributed by atoms with Gasteiger partial charge in [-0.3, -0.25) is 0 Å². The number of nitrogens with two attached hydrogens (primary N) is 1. The topological polar surface area (TPSA) is 38.9 Å². The fraction of sp³-hybridized carbons (Fsp3) is 0.100. The summed E-state index contributed by atoms with van der Waals surface area (Å²) in [5, 5.41) is 0. The van der Waals surface area contributed by atoms with E-state index in [4.69, 9.17) is 17.3 Å². The third-order valence-electron chi connectivity index (χ3n) is 1.95. The largest absolute Gasteiger partial charge is 0.384 e. The molecule has 0 aliphatic carbocycles. The lowest BCUT2D eigenvalue weighted by Crippen LogP contribution is -1.92. The van der Waals surface area contributed by atoms with E-state index in [2.05, 4.69) is 4.98 Å². The first kappa shape index (κ1) is 9.49. The zero-order valence-corrected chi connectivity index (χ0v) is 9.19. The Balaban J connectivity index is 2.52. The third-order valence-corrected chi connectivity index (χ3v) is 3.21. The molecule has 4 heteroatoms. The molecular weight excluding hydrogens is 216 g/mol. The first-order valence-corrected chi connectivity index (χ1v) is 5.35. The molecule has 0 amide bonds. The lowest BCUT2D eigenvalue weighted by atomic mass is 10.2. The molecule has 0 radical (unpaired) electrons. The summed E-state index contributed by atoms with van der Waals surface area (Å²) in [6.07, 6.45) is 0. The molecule has 2 rings (SSSR count). The first-order chi connectivity index (χ1) is 6.66. The summed E-state index contributed by atoms with van der Waals surface area (Å²) < 4.78 is 0.788. The smallest absolute Gasteiger partial charge is 0.123 e. The Labute approximate surface area is 91.4 Å². The minimum Gasteiger partial charge on any atom is -0.384 e. The normalized spacial score (nSPS) is 10.4. The maximum Gasteiger partial charge on any atom is 0.123 e. The van der Waals surface area contributed by atoms with E-state index in [0.717, 1.165) is 20.5 Å². The summed E-state index contributed by atoms with van der Waals surface area (Å²) in [4.78, 5) is 5.33. The van der Waals surface area contributed by atoms with Gasteiger partial charge in [0.1, 0.15) is 5.82 Å². The lowest BCUT2D eigenvalue weighted by molar-refractivity contribution is 1.22. The molecule has 2 nitrogen and oxygen atoms in total. The number of halogens is 1. The number of nitrogens with zero attached hydrogens (tertiary/aromatic N) is 1. The second-order valence-corrected chi connectivity index (χ2v) is 4.69. The Morgan fingerprint density at radius 2 is 2.07 bits per heavy atom. The van der Waals surface area contributed by atoms with Gasteiger partial charge in [-0.15, -0.1) is 11.3 Å². The summed E-state index contributed by atoms with van der Waals surface area (Å²) in [6.45, 7) is 1.94. The second kappa shape index (κ2) is 3.59. The summed E-state index contributed by atoms with van der Waals surface area (Å²) in [6, 6.07) is 7.65. The zero-order valence-electron chi connectivity index (χ0n) is 7.62. The van der Waals surface area contributed by atoms with Crippen molar-refractivity contribution in [1.29, 1.82) is 0 Å². The molecule has 0 unspecified atom stereocenters. The number of anilines is 1. The van der Waals surface area contributed by atoms with Crippen LogP contribution >= 0.6 is 22.9 Å². The highest BCUT2D eigenvalue weighted by Gasteiger charge is 2.05. The van der Waals surface area contributed by atoms with Crippen molar-refractivity contribution in [3.8, 4) is 10.4 Å². The van der Waals surface area contributed by atoms with Crippen LogP contribution in [0.1, 0.15) is 5.69 Å². The molecule has 0 spiro atoms. The molecule has 0 aromatic carbocycles. The Bertz CT molecular complexity index is 465. The van der Waals surface area contributed by atoms with Gasteiger partial charge in [-0.1, -0.05) is 11.6 Å². The van der Waals surface area contributed by atoms with Crippen LogP contribution in [0, 0.1) is 6.92 Å². The van der Waals surface area contributed by atoms with Crippen LogP contribution in [0.3, 0.4) is 0 Å². The van der Waals surface area contributed by atoms with Gasteiger partial charge in [0.05, 0.1) is 4.34 Å². The maximum atomic E-state index is 5.87.